The summed E-state index contributed by atoms with van der Waals surface area (Å²) in [6, 6.07) is 5.35. The molecule has 0 unspecified atom stereocenters. The molecular weight excluding hydrogens is 290 g/mol. The van der Waals surface area contributed by atoms with E-state index in [4.69, 9.17) is 10.5 Å². The minimum atomic E-state index is -1.14. The normalized spacial score (nSPS) is 11.5. The maximum absolute atomic E-state index is 11.9. The van der Waals surface area contributed by atoms with E-state index in [9.17, 15) is 14.4 Å². The topological polar surface area (TPSA) is 129 Å². The van der Waals surface area contributed by atoms with E-state index in [1.165, 1.54) is 36.4 Å². The molecule has 3 N–H and O–H groups in total. The number of nitrogens with zero attached hydrogens (tertiary/aromatic N) is 3. The highest BCUT2D eigenvalue weighted by Gasteiger charge is 2.19. The van der Waals surface area contributed by atoms with Crippen LogP contribution in [0.15, 0.2) is 36.9 Å². The van der Waals surface area contributed by atoms with E-state index in [1.807, 2.05) is 5.32 Å². The van der Waals surface area contributed by atoms with Gasteiger partial charge in [-0.05, 0) is 31.2 Å². The van der Waals surface area contributed by atoms with Crippen LogP contribution in [0.5, 0.6) is 0 Å². The number of rotatable bonds is 4. The number of esters is 1. The van der Waals surface area contributed by atoms with Gasteiger partial charge in [-0.15, -0.1) is 0 Å². The molecule has 1 atom stereocenters. The zero-order valence-electron chi connectivity index (χ0n) is 11.6. The Kier molecular flexibility index (Phi) is 4.47. The predicted octanol–water partition coefficient (Wildman–Crippen LogP) is 0.00750. The van der Waals surface area contributed by atoms with E-state index >= 15 is 0 Å². The van der Waals surface area contributed by atoms with Crippen molar-refractivity contribution >= 4 is 17.9 Å². The Balaban J connectivity index is 2.01. The van der Waals surface area contributed by atoms with Gasteiger partial charge < -0.3 is 10.5 Å². The highest BCUT2D eigenvalue weighted by atomic mass is 16.5. The van der Waals surface area contributed by atoms with Crippen molar-refractivity contribution < 1.29 is 19.1 Å². The minimum absolute atomic E-state index is 0.252. The summed E-state index contributed by atoms with van der Waals surface area (Å²) in [5.74, 6) is -1.49. The van der Waals surface area contributed by atoms with Gasteiger partial charge in [0.15, 0.2) is 6.10 Å². The summed E-state index contributed by atoms with van der Waals surface area (Å²) in [6.45, 7) is 1.33. The molecule has 0 aliphatic rings. The Labute approximate surface area is 125 Å². The molecule has 9 heteroatoms. The van der Waals surface area contributed by atoms with E-state index in [1.54, 1.807) is 12.1 Å². The average molecular weight is 303 g/mol. The van der Waals surface area contributed by atoms with Crippen LogP contribution < -0.4 is 11.1 Å². The first-order chi connectivity index (χ1) is 10.5. The van der Waals surface area contributed by atoms with Gasteiger partial charge in [0.25, 0.3) is 5.91 Å². The SMILES string of the molecule is C[C@@H](OC(=O)c1ccc(-n2cncn2)cc1)C(=O)NC(N)=O. The number of amides is 3. The summed E-state index contributed by atoms with van der Waals surface area (Å²) in [6.07, 6.45) is 1.76. The number of nitrogens with one attached hydrogen (secondary N) is 1. The number of carbonyl (C=O) groups is 3. The molecule has 22 heavy (non-hydrogen) atoms. The number of carbonyl (C=O) groups excluding carboxylic acids is 3. The number of urea groups is 1. The smallest absolute Gasteiger partial charge is 0.338 e. The Bertz CT molecular complexity index is 681. The fourth-order valence-electron chi connectivity index (χ4n) is 1.60. The quantitative estimate of drug-likeness (QED) is 0.765. The van der Waals surface area contributed by atoms with Gasteiger partial charge in [-0.1, -0.05) is 0 Å². The van der Waals surface area contributed by atoms with Crippen LogP contribution in [0.25, 0.3) is 5.69 Å². The van der Waals surface area contributed by atoms with Crippen molar-refractivity contribution in [2.24, 2.45) is 5.73 Å². The Morgan fingerprint density at radius 1 is 1.27 bits per heavy atom. The monoisotopic (exact) mass is 303 g/mol. The number of aromatic nitrogens is 3. The molecular formula is C13H13N5O4. The van der Waals surface area contributed by atoms with E-state index in [2.05, 4.69) is 10.1 Å². The second-order valence-electron chi connectivity index (χ2n) is 4.29. The number of imide groups is 1. The second kappa shape index (κ2) is 6.48. The number of ether oxygens (including phenoxy) is 1. The van der Waals surface area contributed by atoms with Gasteiger partial charge in [0.05, 0.1) is 11.3 Å². The summed E-state index contributed by atoms with van der Waals surface area (Å²) in [5, 5.41) is 5.78. The van der Waals surface area contributed by atoms with Crippen molar-refractivity contribution in [3.8, 4) is 5.69 Å². The molecule has 1 aromatic carbocycles. The molecule has 9 nitrogen and oxygen atoms in total. The minimum Gasteiger partial charge on any atom is -0.449 e. The van der Waals surface area contributed by atoms with Crippen LogP contribution in [0, 0.1) is 0 Å². The molecule has 1 aromatic heterocycles. The molecule has 0 spiro atoms. The predicted molar refractivity (Wildman–Crippen MR) is 74.0 cm³/mol. The lowest BCUT2D eigenvalue weighted by Gasteiger charge is -2.12. The van der Waals surface area contributed by atoms with Gasteiger partial charge in [-0.3, -0.25) is 10.1 Å². The summed E-state index contributed by atoms with van der Waals surface area (Å²) >= 11 is 0. The molecule has 0 bridgehead atoms. The van der Waals surface area contributed by atoms with Gasteiger partial charge in [-0.25, -0.2) is 19.3 Å². The molecule has 0 saturated carbocycles. The molecule has 2 rings (SSSR count). The fourth-order valence-corrected chi connectivity index (χ4v) is 1.60. The van der Waals surface area contributed by atoms with Crippen LogP contribution in [0.2, 0.25) is 0 Å². The first-order valence-corrected chi connectivity index (χ1v) is 6.23. The standard InChI is InChI=1S/C13H13N5O4/c1-8(11(19)17-13(14)21)22-12(20)9-2-4-10(5-3-9)18-7-15-6-16-18/h2-8H,1H3,(H3,14,17,19,21)/t8-/m1/s1. The van der Waals surface area contributed by atoms with Crippen molar-refractivity contribution in [1.82, 2.24) is 20.1 Å². The van der Waals surface area contributed by atoms with E-state index in [0.29, 0.717) is 5.69 Å². The highest BCUT2D eigenvalue weighted by molar-refractivity contribution is 5.98. The lowest BCUT2D eigenvalue weighted by molar-refractivity contribution is -0.127. The number of primary amides is 1. The summed E-state index contributed by atoms with van der Waals surface area (Å²) in [7, 11) is 0. The fraction of sp³-hybridized carbons (Fsp3) is 0.154. The van der Waals surface area contributed by atoms with E-state index < -0.39 is 24.0 Å². The molecule has 114 valence electrons. The maximum atomic E-state index is 11.9. The summed E-state index contributed by atoms with van der Waals surface area (Å²) in [4.78, 5) is 37.7. The number of hydrogen-bond acceptors (Lipinski definition) is 6. The zero-order valence-corrected chi connectivity index (χ0v) is 11.6. The molecule has 2 aromatic rings. The van der Waals surface area contributed by atoms with Crippen molar-refractivity contribution in [3.63, 3.8) is 0 Å². The molecule has 0 radical (unpaired) electrons. The largest absolute Gasteiger partial charge is 0.449 e. The van der Waals surface area contributed by atoms with Crippen LogP contribution in [0.3, 0.4) is 0 Å². The third kappa shape index (κ3) is 3.66. The molecule has 0 saturated heterocycles. The first-order valence-electron chi connectivity index (χ1n) is 6.23. The highest BCUT2D eigenvalue weighted by Crippen LogP contribution is 2.10. The molecule has 0 fully saturated rings. The van der Waals surface area contributed by atoms with Gasteiger partial charge in [0, 0.05) is 0 Å². The van der Waals surface area contributed by atoms with Gasteiger partial charge in [0.1, 0.15) is 12.7 Å². The maximum Gasteiger partial charge on any atom is 0.338 e. The third-order valence-corrected chi connectivity index (χ3v) is 2.69. The van der Waals surface area contributed by atoms with Crippen molar-refractivity contribution in [1.29, 1.82) is 0 Å². The third-order valence-electron chi connectivity index (χ3n) is 2.69. The lowest BCUT2D eigenvalue weighted by atomic mass is 10.2. The van der Waals surface area contributed by atoms with Crippen LogP contribution in [-0.2, 0) is 9.53 Å². The first kappa shape index (κ1) is 15.2. The number of hydrogen-bond donors (Lipinski definition) is 2. The molecule has 0 aliphatic heterocycles. The summed E-state index contributed by atoms with van der Waals surface area (Å²) in [5.41, 5.74) is 5.78. The van der Waals surface area contributed by atoms with Gasteiger partial charge in [0.2, 0.25) is 0 Å². The Morgan fingerprint density at radius 2 is 1.95 bits per heavy atom. The van der Waals surface area contributed by atoms with E-state index in [-0.39, 0.29) is 5.56 Å². The van der Waals surface area contributed by atoms with Crippen LogP contribution in [0.4, 0.5) is 4.79 Å². The van der Waals surface area contributed by atoms with Crippen LogP contribution in [-0.4, -0.2) is 38.8 Å². The van der Waals surface area contributed by atoms with Crippen molar-refractivity contribution in [3.05, 3.63) is 42.5 Å². The zero-order chi connectivity index (χ0) is 16.1. The van der Waals surface area contributed by atoms with Gasteiger partial charge in [-0.2, -0.15) is 5.10 Å². The molecule has 3 amide bonds. The number of nitrogens with two attached hydrogens (primary N) is 1. The molecule has 0 aliphatic carbocycles. The molecule has 1 heterocycles. The number of benzene rings is 1. The van der Waals surface area contributed by atoms with E-state index in [0.717, 1.165) is 0 Å². The Hall–Kier alpha value is -3.23. The average Bonchev–Trinajstić information content (AvgIpc) is 3.00. The van der Waals surface area contributed by atoms with Crippen molar-refractivity contribution in [2.75, 3.05) is 0 Å². The van der Waals surface area contributed by atoms with Crippen LogP contribution in [0.1, 0.15) is 17.3 Å². The van der Waals surface area contributed by atoms with Crippen LogP contribution >= 0.6 is 0 Å². The lowest BCUT2D eigenvalue weighted by Crippen LogP contribution is -2.42. The van der Waals surface area contributed by atoms with Gasteiger partial charge >= 0.3 is 12.0 Å². The summed E-state index contributed by atoms with van der Waals surface area (Å²) < 4.78 is 6.46. The van der Waals surface area contributed by atoms with Crippen molar-refractivity contribution in [2.45, 2.75) is 13.0 Å². The Morgan fingerprint density at radius 3 is 2.50 bits per heavy atom. The second-order valence-corrected chi connectivity index (χ2v) is 4.29.